The van der Waals surface area contributed by atoms with E-state index in [1.54, 1.807) is 24.3 Å². The molecule has 1 fully saturated rings. The maximum absolute atomic E-state index is 13.6. The highest BCUT2D eigenvalue weighted by Crippen LogP contribution is 2.40. The van der Waals surface area contributed by atoms with Crippen molar-refractivity contribution < 1.29 is 32.2 Å². The number of amides is 3. The normalized spacial score (nSPS) is 13.5. The fourth-order valence-electron chi connectivity index (χ4n) is 2.75. The number of alkyl halides is 3. The standard InChI is InChI=1S/C21H21F3N2O4/c1-26(20(28)25-14-8-9-14)19(27)15-10-18(30-12-13-6-4-3-5-7-13)17(29-2)11-16(15)21(22,23)24/h3-7,10-11,14H,8-9,12H2,1-2H3,(H,25,28). The SMILES string of the molecule is COc1cc(C(F)(F)F)c(C(=O)N(C)C(=O)NC2CC2)cc1OCc1ccccc1. The Labute approximate surface area is 171 Å². The Morgan fingerprint density at radius 3 is 2.37 bits per heavy atom. The molecule has 1 aliphatic rings. The van der Waals surface area contributed by atoms with Gasteiger partial charge in [0.25, 0.3) is 5.91 Å². The number of hydrogen-bond acceptors (Lipinski definition) is 4. The van der Waals surface area contributed by atoms with E-state index in [0.717, 1.165) is 31.5 Å². The van der Waals surface area contributed by atoms with Crippen molar-refractivity contribution in [2.75, 3.05) is 14.2 Å². The summed E-state index contributed by atoms with van der Waals surface area (Å²) in [7, 11) is 2.34. The smallest absolute Gasteiger partial charge is 0.417 e. The van der Waals surface area contributed by atoms with Crippen molar-refractivity contribution in [3.8, 4) is 11.5 Å². The van der Waals surface area contributed by atoms with Gasteiger partial charge < -0.3 is 14.8 Å². The van der Waals surface area contributed by atoms with Crippen LogP contribution in [0.15, 0.2) is 42.5 Å². The van der Waals surface area contributed by atoms with E-state index in [4.69, 9.17) is 9.47 Å². The van der Waals surface area contributed by atoms with Crippen LogP contribution in [0.25, 0.3) is 0 Å². The number of halogens is 3. The lowest BCUT2D eigenvalue weighted by Crippen LogP contribution is -2.42. The van der Waals surface area contributed by atoms with Gasteiger partial charge in [0.15, 0.2) is 11.5 Å². The number of hydrogen-bond donors (Lipinski definition) is 1. The third-order valence-electron chi connectivity index (χ3n) is 4.59. The van der Waals surface area contributed by atoms with Crippen molar-refractivity contribution >= 4 is 11.9 Å². The van der Waals surface area contributed by atoms with Gasteiger partial charge in [0.2, 0.25) is 0 Å². The Hall–Kier alpha value is -3.23. The van der Waals surface area contributed by atoms with E-state index < -0.39 is 29.2 Å². The van der Waals surface area contributed by atoms with Crippen molar-refractivity contribution in [2.24, 2.45) is 0 Å². The van der Waals surface area contributed by atoms with Crippen LogP contribution in [-0.2, 0) is 12.8 Å². The number of nitrogens with zero attached hydrogens (tertiary/aromatic N) is 1. The molecule has 1 aliphatic carbocycles. The number of methoxy groups -OCH3 is 1. The molecule has 30 heavy (non-hydrogen) atoms. The summed E-state index contributed by atoms with van der Waals surface area (Å²) in [6.07, 6.45) is -3.27. The van der Waals surface area contributed by atoms with Crippen LogP contribution in [0.3, 0.4) is 0 Å². The fourth-order valence-corrected chi connectivity index (χ4v) is 2.75. The molecule has 160 valence electrons. The second kappa shape index (κ2) is 8.64. The summed E-state index contributed by atoms with van der Waals surface area (Å²) in [6.45, 7) is 0.0637. The van der Waals surface area contributed by atoms with Gasteiger partial charge in [-0.05, 0) is 30.5 Å². The number of urea groups is 1. The zero-order chi connectivity index (χ0) is 21.9. The van der Waals surface area contributed by atoms with Crippen LogP contribution in [0.4, 0.5) is 18.0 Å². The molecule has 0 saturated heterocycles. The molecule has 0 spiro atoms. The lowest BCUT2D eigenvalue weighted by atomic mass is 10.0. The van der Waals surface area contributed by atoms with Gasteiger partial charge in [-0.25, -0.2) is 4.79 Å². The molecule has 0 unspecified atom stereocenters. The molecule has 0 bridgehead atoms. The minimum atomic E-state index is -4.83. The second-order valence-corrected chi connectivity index (χ2v) is 6.91. The predicted octanol–water partition coefficient (Wildman–Crippen LogP) is 4.24. The number of imide groups is 1. The summed E-state index contributed by atoms with van der Waals surface area (Å²) >= 11 is 0. The molecular formula is C21H21F3N2O4. The Morgan fingerprint density at radius 1 is 1.13 bits per heavy atom. The molecule has 6 nitrogen and oxygen atoms in total. The van der Waals surface area contributed by atoms with Crippen molar-refractivity contribution in [3.63, 3.8) is 0 Å². The molecule has 0 aliphatic heterocycles. The number of carbonyl (C=O) groups is 2. The van der Waals surface area contributed by atoms with Crippen molar-refractivity contribution in [1.82, 2.24) is 10.2 Å². The van der Waals surface area contributed by atoms with Crippen LogP contribution in [-0.4, -0.2) is 37.0 Å². The van der Waals surface area contributed by atoms with Gasteiger partial charge in [0.05, 0.1) is 18.2 Å². The number of benzene rings is 2. The van der Waals surface area contributed by atoms with Crippen LogP contribution in [0.5, 0.6) is 11.5 Å². The summed E-state index contributed by atoms with van der Waals surface area (Å²) in [5, 5.41) is 2.58. The molecular weight excluding hydrogens is 401 g/mol. The summed E-state index contributed by atoms with van der Waals surface area (Å²) in [5.74, 6) is -1.29. The van der Waals surface area contributed by atoms with Gasteiger partial charge in [0.1, 0.15) is 6.61 Å². The largest absolute Gasteiger partial charge is 0.493 e. The maximum Gasteiger partial charge on any atom is 0.417 e. The fraction of sp³-hybridized carbons (Fsp3) is 0.333. The quantitative estimate of drug-likeness (QED) is 0.756. The van der Waals surface area contributed by atoms with Crippen molar-refractivity contribution in [3.05, 3.63) is 59.2 Å². The van der Waals surface area contributed by atoms with Gasteiger partial charge in [-0.3, -0.25) is 9.69 Å². The first-order chi connectivity index (χ1) is 14.2. The Kier molecular flexibility index (Phi) is 6.19. The van der Waals surface area contributed by atoms with E-state index in [-0.39, 0.29) is 24.1 Å². The van der Waals surface area contributed by atoms with Gasteiger partial charge in [0, 0.05) is 13.1 Å². The summed E-state index contributed by atoms with van der Waals surface area (Å²) in [5.41, 5.74) is -1.12. The van der Waals surface area contributed by atoms with E-state index in [1.807, 2.05) is 6.07 Å². The van der Waals surface area contributed by atoms with E-state index >= 15 is 0 Å². The van der Waals surface area contributed by atoms with Crippen LogP contribution in [0, 0.1) is 0 Å². The molecule has 3 rings (SSSR count). The monoisotopic (exact) mass is 422 g/mol. The Morgan fingerprint density at radius 2 is 1.80 bits per heavy atom. The minimum Gasteiger partial charge on any atom is -0.493 e. The third kappa shape index (κ3) is 5.03. The summed E-state index contributed by atoms with van der Waals surface area (Å²) in [6, 6.07) is 9.87. The molecule has 3 amide bonds. The van der Waals surface area contributed by atoms with Crippen LogP contribution in [0.2, 0.25) is 0 Å². The molecule has 2 aromatic carbocycles. The molecule has 1 saturated carbocycles. The zero-order valence-electron chi connectivity index (χ0n) is 16.5. The first-order valence-corrected chi connectivity index (χ1v) is 9.25. The van der Waals surface area contributed by atoms with Gasteiger partial charge in [-0.15, -0.1) is 0 Å². The highest BCUT2D eigenvalue weighted by Gasteiger charge is 2.38. The predicted molar refractivity (Wildman–Crippen MR) is 102 cm³/mol. The zero-order valence-corrected chi connectivity index (χ0v) is 16.5. The summed E-state index contributed by atoms with van der Waals surface area (Å²) in [4.78, 5) is 25.5. The van der Waals surface area contributed by atoms with Crippen LogP contribution < -0.4 is 14.8 Å². The number of nitrogens with one attached hydrogen (secondary N) is 1. The van der Waals surface area contributed by atoms with E-state index in [2.05, 4.69) is 5.32 Å². The lowest BCUT2D eigenvalue weighted by Gasteiger charge is -2.21. The van der Waals surface area contributed by atoms with Crippen LogP contribution >= 0.6 is 0 Å². The van der Waals surface area contributed by atoms with Crippen molar-refractivity contribution in [1.29, 1.82) is 0 Å². The van der Waals surface area contributed by atoms with E-state index in [9.17, 15) is 22.8 Å². The molecule has 0 radical (unpaired) electrons. The molecule has 0 heterocycles. The molecule has 2 aromatic rings. The first kappa shape index (κ1) is 21.5. The number of carbonyl (C=O) groups excluding carboxylic acids is 2. The average Bonchev–Trinajstić information content (AvgIpc) is 3.54. The van der Waals surface area contributed by atoms with Gasteiger partial charge in [-0.1, -0.05) is 30.3 Å². The van der Waals surface area contributed by atoms with Crippen molar-refractivity contribution in [2.45, 2.75) is 31.7 Å². The molecule has 9 heteroatoms. The lowest BCUT2D eigenvalue weighted by molar-refractivity contribution is -0.138. The number of rotatable bonds is 6. The molecule has 1 N–H and O–H groups in total. The molecule has 0 atom stereocenters. The summed E-state index contributed by atoms with van der Waals surface area (Å²) < 4.78 is 51.5. The highest BCUT2D eigenvalue weighted by molar-refractivity contribution is 6.05. The molecule has 0 aromatic heterocycles. The average molecular weight is 422 g/mol. The first-order valence-electron chi connectivity index (χ1n) is 9.25. The second-order valence-electron chi connectivity index (χ2n) is 6.91. The number of ether oxygens (including phenoxy) is 2. The highest BCUT2D eigenvalue weighted by atomic mass is 19.4. The Bertz CT molecular complexity index is 928. The van der Waals surface area contributed by atoms with E-state index in [1.165, 1.54) is 7.11 Å². The third-order valence-corrected chi connectivity index (χ3v) is 4.59. The van der Waals surface area contributed by atoms with Crippen LogP contribution in [0.1, 0.15) is 34.3 Å². The maximum atomic E-state index is 13.6. The minimum absolute atomic E-state index is 0.0336. The van der Waals surface area contributed by atoms with Gasteiger partial charge in [-0.2, -0.15) is 13.2 Å². The van der Waals surface area contributed by atoms with Gasteiger partial charge >= 0.3 is 12.2 Å². The van der Waals surface area contributed by atoms with E-state index in [0.29, 0.717) is 11.0 Å². The Balaban J connectivity index is 1.93. The topological polar surface area (TPSA) is 67.9 Å².